The molecule has 9 nitrogen and oxygen atoms in total. The van der Waals surface area contributed by atoms with Crippen LogP contribution >= 0.6 is 0 Å². The van der Waals surface area contributed by atoms with E-state index in [0.717, 1.165) is 12.8 Å². The number of esters is 1. The van der Waals surface area contributed by atoms with E-state index in [4.69, 9.17) is 4.74 Å². The highest BCUT2D eigenvalue weighted by molar-refractivity contribution is 5.90. The number of aromatic amines is 1. The fourth-order valence-electron chi connectivity index (χ4n) is 2.89. The van der Waals surface area contributed by atoms with E-state index in [2.05, 4.69) is 9.97 Å². The first-order valence-electron chi connectivity index (χ1n) is 8.98. The van der Waals surface area contributed by atoms with Crippen molar-refractivity contribution in [3.05, 3.63) is 56.0 Å². The summed E-state index contributed by atoms with van der Waals surface area (Å²) in [5.74, 6) is -0.288. The van der Waals surface area contributed by atoms with Gasteiger partial charge in [0.15, 0.2) is 11.2 Å². The zero-order chi connectivity index (χ0) is 20.4. The highest BCUT2D eigenvalue weighted by Crippen LogP contribution is 2.18. The minimum atomic E-state index is -0.625. The zero-order valence-electron chi connectivity index (χ0n) is 16.0. The number of phenols is 1. The second-order valence-corrected chi connectivity index (χ2v) is 6.60. The van der Waals surface area contributed by atoms with E-state index in [1.165, 1.54) is 15.2 Å². The van der Waals surface area contributed by atoms with Crippen LogP contribution in [0.15, 0.2) is 27.8 Å². The van der Waals surface area contributed by atoms with E-state index in [9.17, 15) is 19.5 Å². The Morgan fingerprint density at radius 3 is 2.75 bits per heavy atom. The van der Waals surface area contributed by atoms with Crippen molar-refractivity contribution in [1.29, 1.82) is 0 Å². The Hall–Kier alpha value is -3.36. The molecule has 0 spiro atoms. The van der Waals surface area contributed by atoms with Crippen molar-refractivity contribution in [3.63, 3.8) is 0 Å². The largest absolute Gasteiger partial charge is 0.508 e. The Morgan fingerprint density at radius 1 is 1.32 bits per heavy atom. The lowest BCUT2D eigenvalue weighted by Crippen LogP contribution is -2.31. The summed E-state index contributed by atoms with van der Waals surface area (Å²) in [5, 5.41) is 9.74. The average Bonchev–Trinajstić information content (AvgIpc) is 2.98. The summed E-state index contributed by atoms with van der Waals surface area (Å²) in [5.41, 5.74) is 0.320. The lowest BCUT2D eigenvalue weighted by Gasteiger charge is -2.06. The van der Waals surface area contributed by atoms with Crippen molar-refractivity contribution in [2.75, 3.05) is 0 Å². The standard InChI is InChI=1S/C19H22N4O5/c1-4-5-8-23-16-15(17(25)21-19(23)27)22(3)14(20-16)10-28-18(26)12-7-6-11(2)13(24)9-12/h6-7,9,24H,4-5,8,10H2,1-3H3,(H,21,25,27). The second-order valence-electron chi connectivity index (χ2n) is 6.60. The van der Waals surface area contributed by atoms with Crippen molar-refractivity contribution in [2.24, 2.45) is 7.05 Å². The van der Waals surface area contributed by atoms with Crippen LogP contribution in [0.4, 0.5) is 0 Å². The number of carbonyl (C=O) groups excluding carboxylic acids is 1. The summed E-state index contributed by atoms with van der Waals surface area (Å²) >= 11 is 0. The molecule has 0 aliphatic rings. The number of H-pyrrole nitrogens is 1. The molecule has 0 aliphatic heterocycles. The van der Waals surface area contributed by atoms with Crippen molar-refractivity contribution >= 4 is 17.1 Å². The lowest BCUT2D eigenvalue weighted by atomic mass is 10.1. The van der Waals surface area contributed by atoms with E-state index in [-0.39, 0.29) is 29.1 Å². The normalized spacial score (nSPS) is 11.1. The van der Waals surface area contributed by atoms with Crippen molar-refractivity contribution in [3.8, 4) is 5.75 Å². The van der Waals surface area contributed by atoms with Crippen LogP contribution in [0.25, 0.3) is 11.2 Å². The van der Waals surface area contributed by atoms with E-state index in [0.29, 0.717) is 17.9 Å². The average molecular weight is 386 g/mol. The van der Waals surface area contributed by atoms with Gasteiger partial charge < -0.3 is 14.4 Å². The Morgan fingerprint density at radius 2 is 2.07 bits per heavy atom. The molecule has 0 bridgehead atoms. The molecule has 2 aromatic heterocycles. The van der Waals surface area contributed by atoms with Gasteiger partial charge in [0.25, 0.3) is 5.56 Å². The molecular formula is C19H22N4O5. The number of nitrogens with zero attached hydrogens (tertiary/aromatic N) is 3. The van der Waals surface area contributed by atoms with Crippen LogP contribution in [0.5, 0.6) is 5.75 Å². The Labute approximate surface area is 160 Å². The van der Waals surface area contributed by atoms with Gasteiger partial charge in [-0.2, -0.15) is 0 Å². The molecule has 28 heavy (non-hydrogen) atoms. The summed E-state index contributed by atoms with van der Waals surface area (Å²) < 4.78 is 8.21. The number of carbonyl (C=O) groups is 1. The number of aromatic nitrogens is 4. The minimum absolute atomic E-state index is 0.00338. The summed E-state index contributed by atoms with van der Waals surface area (Å²) in [7, 11) is 1.63. The third-order valence-corrected chi connectivity index (χ3v) is 4.62. The minimum Gasteiger partial charge on any atom is -0.508 e. The number of hydrogen-bond acceptors (Lipinski definition) is 6. The van der Waals surface area contributed by atoms with Crippen LogP contribution in [-0.4, -0.2) is 30.2 Å². The molecule has 148 valence electrons. The zero-order valence-corrected chi connectivity index (χ0v) is 16.0. The third kappa shape index (κ3) is 3.55. The van der Waals surface area contributed by atoms with Crippen molar-refractivity contribution < 1.29 is 14.6 Å². The molecule has 0 aliphatic carbocycles. The smallest absolute Gasteiger partial charge is 0.338 e. The number of rotatable bonds is 6. The maximum atomic E-state index is 12.2. The number of imidazole rings is 1. The number of benzene rings is 1. The Bertz CT molecular complexity index is 1160. The molecule has 9 heteroatoms. The molecule has 0 amide bonds. The van der Waals surface area contributed by atoms with Gasteiger partial charge in [0, 0.05) is 13.6 Å². The Balaban J connectivity index is 1.91. The van der Waals surface area contributed by atoms with Gasteiger partial charge in [-0.15, -0.1) is 0 Å². The fraction of sp³-hybridized carbons (Fsp3) is 0.368. The van der Waals surface area contributed by atoms with Gasteiger partial charge >= 0.3 is 11.7 Å². The van der Waals surface area contributed by atoms with Gasteiger partial charge in [-0.05, 0) is 31.0 Å². The van der Waals surface area contributed by atoms with Crippen LogP contribution in [-0.2, 0) is 24.9 Å². The number of ether oxygens (including phenoxy) is 1. The van der Waals surface area contributed by atoms with Crippen LogP contribution in [0.2, 0.25) is 0 Å². The van der Waals surface area contributed by atoms with Crippen LogP contribution in [0.3, 0.4) is 0 Å². The number of fused-ring (bicyclic) bond motifs is 1. The van der Waals surface area contributed by atoms with Crippen molar-refractivity contribution in [1.82, 2.24) is 19.1 Å². The van der Waals surface area contributed by atoms with Gasteiger partial charge in [-0.3, -0.25) is 14.3 Å². The third-order valence-electron chi connectivity index (χ3n) is 4.62. The molecular weight excluding hydrogens is 364 g/mol. The molecule has 1 aromatic carbocycles. The van der Waals surface area contributed by atoms with Crippen LogP contribution < -0.4 is 11.2 Å². The number of hydrogen-bond donors (Lipinski definition) is 2. The monoisotopic (exact) mass is 386 g/mol. The van der Waals surface area contributed by atoms with E-state index in [1.807, 2.05) is 6.92 Å². The number of aromatic hydroxyl groups is 1. The quantitative estimate of drug-likeness (QED) is 0.621. The highest BCUT2D eigenvalue weighted by Gasteiger charge is 2.18. The molecule has 3 aromatic rings. The molecule has 2 N–H and O–H groups in total. The fourth-order valence-corrected chi connectivity index (χ4v) is 2.89. The van der Waals surface area contributed by atoms with Gasteiger partial charge in [0.2, 0.25) is 0 Å². The van der Waals surface area contributed by atoms with Gasteiger partial charge in [0.05, 0.1) is 5.56 Å². The molecule has 0 atom stereocenters. The summed E-state index contributed by atoms with van der Waals surface area (Å²) in [6, 6.07) is 4.51. The molecule has 0 unspecified atom stereocenters. The maximum absolute atomic E-state index is 12.2. The molecule has 0 fully saturated rings. The first-order valence-corrected chi connectivity index (χ1v) is 8.98. The molecule has 0 saturated carbocycles. The van der Waals surface area contributed by atoms with Crippen LogP contribution in [0, 0.1) is 6.92 Å². The lowest BCUT2D eigenvalue weighted by molar-refractivity contribution is 0.0459. The predicted molar refractivity (Wildman–Crippen MR) is 102 cm³/mol. The molecule has 3 rings (SSSR count). The molecule has 0 saturated heterocycles. The number of unbranched alkanes of at least 4 members (excludes halogenated alkanes) is 1. The van der Waals surface area contributed by atoms with E-state index in [1.54, 1.807) is 26.1 Å². The predicted octanol–water partition coefficient (Wildman–Crippen LogP) is 1.59. The van der Waals surface area contributed by atoms with Gasteiger partial charge in [-0.25, -0.2) is 14.6 Å². The second kappa shape index (κ2) is 7.71. The summed E-state index contributed by atoms with van der Waals surface area (Å²) in [6.45, 7) is 3.97. The maximum Gasteiger partial charge on any atom is 0.338 e. The van der Waals surface area contributed by atoms with Gasteiger partial charge in [-0.1, -0.05) is 19.4 Å². The first-order chi connectivity index (χ1) is 13.3. The Kier molecular flexibility index (Phi) is 5.34. The number of aryl methyl sites for hydroxylation is 3. The molecule has 0 radical (unpaired) electrons. The first kappa shape index (κ1) is 19.4. The van der Waals surface area contributed by atoms with Crippen molar-refractivity contribution in [2.45, 2.75) is 39.8 Å². The van der Waals surface area contributed by atoms with E-state index < -0.39 is 17.2 Å². The molecule has 2 heterocycles. The van der Waals surface area contributed by atoms with E-state index >= 15 is 0 Å². The summed E-state index contributed by atoms with van der Waals surface area (Å²) in [4.78, 5) is 43.3. The highest BCUT2D eigenvalue weighted by atomic mass is 16.5. The van der Waals surface area contributed by atoms with Crippen LogP contribution in [0.1, 0.15) is 41.5 Å². The van der Waals surface area contributed by atoms with Gasteiger partial charge in [0.1, 0.15) is 18.2 Å². The summed E-state index contributed by atoms with van der Waals surface area (Å²) in [6.07, 6.45) is 1.65. The number of phenolic OH excluding ortho intramolecular Hbond substituents is 1. The number of nitrogens with one attached hydrogen (secondary N) is 1. The SMILES string of the molecule is CCCCn1c(=O)[nH]c(=O)c2c1nc(COC(=O)c1ccc(C)c(O)c1)n2C. The topological polar surface area (TPSA) is 119 Å².